The van der Waals surface area contributed by atoms with Gasteiger partial charge in [-0.1, -0.05) is 31.6 Å². The summed E-state index contributed by atoms with van der Waals surface area (Å²) in [6.45, 7) is 14.6. The lowest BCUT2D eigenvalue weighted by atomic mass is 10.1. The molecule has 1 aromatic carbocycles. The molecule has 51 heavy (non-hydrogen) atoms. The Kier molecular flexibility index (Phi) is 10.8. The first-order chi connectivity index (χ1) is 24.0. The number of ether oxygens (including phenoxy) is 2. The van der Waals surface area contributed by atoms with Gasteiger partial charge < -0.3 is 24.1 Å². The first-order valence-corrected chi connectivity index (χ1v) is 20.8. The van der Waals surface area contributed by atoms with Gasteiger partial charge in [0.15, 0.2) is 22.5 Å². The highest BCUT2D eigenvalue weighted by molar-refractivity contribution is 6.76. The van der Waals surface area contributed by atoms with Crippen LogP contribution in [-0.4, -0.2) is 74.5 Å². The molecule has 1 fully saturated rings. The largest absolute Gasteiger partial charge is 0.444 e. The van der Waals surface area contributed by atoms with Crippen molar-refractivity contribution in [3.05, 3.63) is 55.2 Å². The number of para-hydroxylation sites is 1. The third kappa shape index (κ3) is 8.37. The molecule has 1 unspecified atom stereocenters. The van der Waals surface area contributed by atoms with E-state index in [0.717, 1.165) is 23.5 Å². The van der Waals surface area contributed by atoms with Crippen molar-refractivity contribution in [2.24, 2.45) is 7.05 Å². The summed E-state index contributed by atoms with van der Waals surface area (Å²) in [6.07, 6.45) is 0.932. The Balaban J connectivity index is 1.50. The number of aromatic nitrogens is 5. The van der Waals surface area contributed by atoms with Crippen molar-refractivity contribution in [3.63, 3.8) is 0 Å². The highest BCUT2D eigenvalue weighted by Gasteiger charge is 2.30. The van der Waals surface area contributed by atoms with Crippen molar-refractivity contribution in [1.29, 1.82) is 0 Å². The van der Waals surface area contributed by atoms with Gasteiger partial charge in [-0.2, -0.15) is 4.98 Å². The predicted molar refractivity (Wildman–Crippen MR) is 196 cm³/mol. The van der Waals surface area contributed by atoms with Crippen LogP contribution in [0.1, 0.15) is 50.9 Å². The Morgan fingerprint density at radius 2 is 1.84 bits per heavy atom. The van der Waals surface area contributed by atoms with Crippen LogP contribution in [0.3, 0.4) is 0 Å². The minimum Gasteiger partial charge on any atom is -0.444 e. The highest BCUT2D eigenvalue weighted by Crippen LogP contribution is 2.24. The van der Waals surface area contributed by atoms with E-state index in [2.05, 4.69) is 36.8 Å². The van der Waals surface area contributed by atoms with Gasteiger partial charge in [0.05, 0.1) is 13.1 Å². The SMILES string of the molecule is CC#CCn1c(N2CCCC(NC(=O)OC(C)(C)C)C2)nc2c1c(=O)n(CC(=O)c1cccc3oc(=O)n(COCC[Si](C)(C)C)c13)c(=O)n2C. The Labute approximate surface area is 296 Å². The summed E-state index contributed by atoms with van der Waals surface area (Å²) in [4.78, 5) is 73.8. The van der Waals surface area contributed by atoms with Gasteiger partial charge in [0.25, 0.3) is 5.56 Å². The quantitative estimate of drug-likeness (QED) is 0.105. The fraction of sp³-hybridized carbons (Fsp3) is 0.543. The normalized spacial score (nSPS) is 15.2. The van der Waals surface area contributed by atoms with Crippen molar-refractivity contribution in [3.8, 4) is 11.8 Å². The van der Waals surface area contributed by atoms with Gasteiger partial charge in [0.2, 0.25) is 5.95 Å². The van der Waals surface area contributed by atoms with E-state index in [-0.39, 0.29) is 47.1 Å². The topological polar surface area (TPSA) is 165 Å². The second-order valence-corrected chi connectivity index (χ2v) is 20.6. The third-order valence-electron chi connectivity index (χ3n) is 8.56. The summed E-state index contributed by atoms with van der Waals surface area (Å²) >= 11 is 0. The Hall–Kier alpha value is -4.88. The van der Waals surface area contributed by atoms with Gasteiger partial charge in [0, 0.05) is 46.4 Å². The number of oxazole rings is 1. The second-order valence-electron chi connectivity index (χ2n) is 15.0. The Morgan fingerprint density at radius 3 is 2.53 bits per heavy atom. The van der Waals surface area contributed by atoms with Gasteiger partial charge in [-0.05, 0) is 58.7 Å². The zero-order chi connectivity index (χ0) is 37.2. The molecule has 0 aliphatic carbocycles. The molecule has 15 nitrogen and oxygen atoms in total. The predicted octanol–water partition coefficient (Wildman–Crippen LogP) is 3.52. The number of aryl methyl sites for hydroxylation is 1. The van der Waals surface area contributed by atoms with Crippen LogP contribution in [0, 0.1) is 11.8 Å². The summed E-state index contributed by atoms with van der Waals surface area (Å²) in [5.74, 6) is 5.02. The minimum atomic E-state index is -1.38. The number of Topliss-reactive ketones (excluding diaryl/α,β-unsaturated/α-hetero) is 1. The molecule has 5 rings (SSSR count). The fourth-order valence-electron chi connectivity index (χ4n) is 6.03. The van der Waals surface area contributed by atoms with E-state index in [1.54, 1.807) is 44.4 Å². The van der Waals surface area contributed by atoms with E-state index in [9.17, 15) is 24.0 Å². The number of alkyl carbamates (subject to hydrolysis) is 1. The first-order valence-electron chi connectivity index (χ1n) is 17.1. The van der Waals surface area contributed by atoms with Gasteiger partial charge >= 0.3 is 17.5 Å². The number of hydrogen-bond donors (Lipinski definition) is 1. The molecule has 4 aromatic rings. The van der Waals surface area contributed by atoms with Crippen molar-refractivity contribution in [2.75, 3.05) is 24.6 Å². The molecule has 1 saturated heterocycles. The molecular weight excluding hydrogens is 675 g/mol. The molecule has 3 aromatic heterocycles. The monoisotopic (exact) mass is 721 g/mol. The molecule has 1 aliphatic heterocycles. The standard InChI is InChI=1S/C35H47N7O8Si/c1-9-10-17-40-28-29(37-31(40)39-16-12-13-23(20-39)36-32(45)50-35(2,3)4)38(5)33(46)41(30(28)44)21-25(43)24-14-11-15-26-27(24)42(34(47)49-26)22-48-18-19-51(6,7)8/h11,14-15,23H,12-13,16-22H2,1-8H3,(H,36,45). The smallest absolute Gasteiger partial charge is 0.421 e. The number of fused-ring (bicyclic) bond motifs is 2. The summed E-state index contributed by atoms with van der Waals surface area (Å²) in [5.41, 5.74) is -1.29. The van der Waals surface area contributed by atoms with Crippen LogP contribution in [0.25, 0.3) is 22.3 Å². The molecule has 1 amide bonds. The van der Waals surface area contributed by atoms with Crippen LogP contribution >= 0.6 is 0 Å². The van der Waals surface area contributed by atoms with Crippen LogP contribution in [0.5, 0.6) is 0 Å². The van der Waals surface area contributed by atoms with Gasteiger partial charge in [0.1, 0.15) is 17.8 Å². The van der Waals surface area contributed by atoms with E-state index >= 15 is 0 Å². The van der Waals surface area contributed by atoms with E-state index in [1.807, 2.05) is 4.90 Å². The lowest BCUT2D eigenvalue weighted by Gasteiger charge is -2.34. The van der Waals surface area contributed by atoms with E-state index < -0.39 is 49.1 Å². The summed E-state index contributed by atoms with van der Waals surface area (Å²) in [5, 5.41) is 2.93. The number of ketones is 1. The van der Waals surface area contributed by atoms with E-state index in [4.69, 9.17) is 18.9 Å². The molecule has 16 heteroatoms. The number of nitrogens with one attached hydrogen (secondary N) is 1. The molecule has 1 aliphatic rings. The fourth-order valence-corrected chi connectivity index (χ4v) is 6.79. The van der Waals surface area contributed by atoms with Crippen molar-refractivity contribution in [2.45, 2.75) is 97.7 Å². The van der Waals surface area contributed by atoms with E-state index in [1.165, 1.54) is 22.2 Å². The lowest BCUT2D eigenvalue weighted by molar-refractivity contribution is 0.0499. The molecule has 274 valence electrons. The summed E-state index contributed by atoms with van der Waals surface area (Å²) < 4.78 is 21.7. The first kappa shape index (κ1) is 37.4. The van der Waals surface area contributed by atoms with Crippen molar-refractivity contribution >= 4 is 48.2 Å². The number of hydrogen-bond acceptors (Lipinski definition) is 10. The van der Waals surface area contributed by atoms with Crippen LogP contribution in [-0.2, 0) is 36.3 Å². The minimum absolute atomic E-state index is 0.0999. The lowest BCUT2D eigenvalue weighted by Crippen LogP contribution is -2.49. The van der Waals surface area contributed by atoms with Crippen LogP contribution < -0.4 is 27.2 Å². The Bertz CT molecular complexity index is 2200. The highest BCUT2D eigenvalue weighted by atomic mass is 28.3. The third-order valence-corrected chi connectivity index (χ3v) is 10.3. The molecular formula is C35H47N7O8Si. The number of imidazole rings is 1. The maximum atomic E-state index is 14.2. The molecule has 4 heterocycles. The van der Waals surface area contributed by atoms with Gasteiger partial charge in [-0.15, -0.1) is 5.92 Å². The van der Waals surface area contributed by atoms with Gasteiger partial charge in [-0.3, -0.25) is 23.3 Å². The van der Waals surface area contributed by atoms with E-state index in [0.29, 0.717) is 25.6 Å². The van der Waals surface area contributed by atoms with Crippen LogP contribution in [0.4, 0.5) is 10.7 Å². The number of amides is 1. The average Bonchev–Trinajstić information content (AvgIpc) is 3.59. The Morgan fingerprint density at radius 1 is 1.10 bits per heavy atom. The number of carbonyl (C=O) groups is 2. The number of piperidine rings is 1. The number of carbonyl (C=O) groups excluding carboxylic acids is 2. The summed E-state index contributed by atoms with van der Waals surface area (Å²) in [6, 6.07) is 5.33. The summed E-state index contributed by atoms with van der Waals surface area (Å²) in [7, 11) is 0.113. The zero-order valence-corrected chi connectivity index (χ0v) is 31.6. The maximum Gasteiger partial charge on any atom is 0.421 e. The second kappa shape index (κ2) is 14.8. The average molecular weight is 722 g/mol. The number of benzene rings is 1. The number of rotatable bonds is 11. The van der Waals surface area contributed by atoms with Crippen molar-refractivity contribution < 1.29 is 23.5 Å². The molecule has 0 saturated carbocycles. The molecule has 0 spiro atoms. The van der Waals surface area contributed by atoms with Gasteiger partial charge in [-0.25, -0.2) is 19.0 Å². The molecule has 1 N–H and O–H groups in total. The number of nitrogens with zero attached hydrogens (tertiary/aromatic N) is 6. The van der Waals surface area contributed by atoms with Crippen LogP contribution in [0.15, 0.2) is 37.0 Å². The molecule has 0 radical (unpaired) electrons. The molecule has 1 atom stereocenters. The molecule has 0 bridgehead atoms. The van der Waals surface area contributed by atoms with Crippen LogP contribution in [0.2, 0.25) is 25.7 Å². The van der Waals surface area contributed by atoms with Crippen molar-refractivity contribution in [1.82, 2.24) is 28.6 Å². The number of anilines is 1. The maximum absolute atomic E-state index is 14.2. The zero-order valence-electron chi connectivity index (χ0n) is 30.6.